The van der Waals surface area contributed by atoms with Gasteiger partial charge in [-0.1, -0.05) is 28.1 Å². The molecule has 2 unspecified atom stereocenters. The van der Waals surface area contributed by atoms with E-state index in [1.807, 2.05) is 30.3 Å². The van der Waals surface area contributed by atoms with Crippen molar-refractivity contribution in [1.29, 1.82) is 15.8 Å². The minimum atomic E-state index is -1.66. The lowest BCUT2D eigenvalue weighted by atomic mass is 9.58. The average Bonchev–Trinajstić information content (AvgIpc) is 3.25. The Morgan fingerprint density at radius 2 is 2.00 bits per heavy atom. The number of nitriles is 3. The molecule has 2 atom stereocenters. The molecule has 2 aliphatic rings. The molecule has 2 N–H and O–H groups in total. The molecule has 1 heterocycles. The van der Waals surface area contributed by atoms with E-state index in [0.29, 0.717) is 17.3 Å². The number of allylic oxidation sites excluding steroid dienone is 4. The van der Waals surface area contributed by atoms with Crippen molar-refractivity contribution < 1.29 is 9.15 Å². The van der Waals surface area contributed by atoms with E-state index in [0.717, 1.165) is 29.3 Å². The van der Waals surface area contributed by atoms with E-state index in [1.165, 1.54) is 0 Å². The molecule has 0 spiro atoms. The van der Waals surface area contributed by atoms with Crippen LogP contribution in [0.3, 0.4) is 0 Å². The Balaban J connectivity index is 1.71. The van der Waals surface area contributed by atoms with Crippen LogP contribution in [0.25, 0.3) is 0 Å². The van der Waals surface area contributed by atoms with Gasteiger partial charge in [-0.05, 0) is 61.1 Å². The van der Waals surface area contributed by atoms with Gasteiger partial charge >= 0.3 is 0 Å². The summed E-state index contributed by atoms with van der Waals surface area (Å²) >= 11 is 3.41. The number of rotatable bonds is 4. The van der Waals surface area contributed by atoms with E-state index in [9.17, 15) is 15.8 Å². The highest BCUT2D eigenvalue weighted by Crippen LogP contribution is 2.55. The minimum Gasteiger partial charge on any atom is -0.486 e. The van der Waals surface area contributed by atoms with Gasteiger partial charge in [0.15, 0.2) is 5.41 Å². The van der Waals surface area contributed by atoms with Crippen molar-refractivity contribution in [3.8, 4) is 24.0 Å². The number of benzene rings is 1. The molecule has 0 amide bonds. The van der Waals surface area contributed by atoms with Crippen molar-refractivity contribution in [2.45, 2.75) is 31.8 Å². The summed E-state index contributed by atoms with van der Waals surface area (Å²) in [6.45, 7) is 0.206. The van der Waals surface area contributed by atoms with Gasteiger partial charge in [-0.3, -0.25) is 0 Å². The fraction of sp³-hybridized carbons (Fsp3) is 0.292. The van der Waals surface area contributed by atoms with Crippen LogP contribution >= 0.6 is 15.9 Å². The summed E-state index contributed by atoms with van der Waals surface area (Å²) in [6, 6.07) is 17.4. The number of nitrogens with zero attached hydrogens (tertiary/aromatic N) is 3. The van der Waals surface area contributed by atoms with Crippen LogP contribution < -0.4 is 10.5 Å². The third-order valence-electron chi connectivity index (χ3n) is 5.97. The Bertz CT molecular complexity index is 1190. The maximum Gasteiger partial charge on any atom is 0.194 e. The monoisotopic (exact) mass is 474 g/mol. The lowest BCUT2D eigenvalue weighted by Crippen LogP contribution is -2.42. The molecule has 4 rings (SSSR count). The Morgan fingerprint density at radius 3 is 2.71 bits per heavy atom. The van der Waals surface area contributed by atoms with Gasteiger partial charge in [-0.2, -0.15) is 15.8 Å². The van der Waals surface area contributed by atoms with Gasteiger partial charge in [-0.25, -0.2) is 0 Å². The van der Waals surface area contributed by atoms with Crippen LogP contribution in [0, 0.1) is 45.3 Å². The molecule has 6 nitrogen and oxygen atoms in total. The lowest BCUT2D eigenvalue weighted by Gasteiger charge is -2.42. The standard InChI is InChI=1S/C24H19BrN4O2/c25-15-4-3-5-16(10-15)30-12-17-8-9-21(31-17)22-19-7-2-1-6-18(19)20(11-26)23(29)24(22,13-27)14-28/h3-6,8-10,19,22H,1-2,7,12,29H2. The van der Waals surface area contributed by atoms with Gasteiger partial charge in [0.1, 0.15) is 29.9 Å². The molecular weight excluding hydrogens is 456 g/mol. The second kappa shape index (κ2) is 8.34. The molecule has 0 saturated carbocycles. The molecule has 0 fully saturated rings. The summed E-state index contributed by atoms with van der Waals surface area (Å²) in [5.74, 6) is 1.01. The number of fused-ring (bicyclic) bond motifs is 1. The highest BCUT2D eigenvalue weighted by atomic mass is 79.9. The topological polar surface area (TPSA) is 120 Å². The SMILES string of the molecule is N#CC1=C(N)C(C#N)(C#N)C(c2ccc(COc3cccc(Br)c3)o2)C2CCCC=C12. The summed E-state index contributed by atoms with van der Waals surface area (Å²) < 4.78 is 12.8. The molecule has 1 aromatic carbocycles. The summed E-state index contributed by atoms with van der Waals surface area (Å²) in [6.07, 6.45) is 4.51. The third kappa shape index (κ3) is 3.50. The molecule has 0 aliphatic heterocycles. The largest absolute Gasteiger partial charge is 0.486 e. The number of ether oxygens (including phenoxy) is 1. The number of halogens is 1. The molecule has 0 saturated heterocycles. The van der Waals surface area contributed by atoms with E-state index in [1.54, 1.807) is 12.1 Å². The Kier molecular flexibility index (Phi) is 5.59. The predicted molar refractivity (Wildman–Crippen MR) is 116 cm³/mol. The maximum absolute atomic E-state index is 10.0. The average molecular weight is 475 g/mol. The summed E-state index contributed by atoms with van der Waals surface area (Å²) in [5, 5.41) is 29.8. The highest BCUT2D eigenvalue weighted by Gasteiger charge is 2.55. The van der Waals surface area contributed by atoms with Crippen molar-refractivity contribution in [3.63, 3.8) is 0 Å². The zero-order chi connectivity index (χ0) is 22.0. The van der Waals surface area contributed by atoms with Gasteiger partial charge in [-0.15, -0.1) is 0 Å². The molecule has 31 heavy (non-hydrogen) atoms. The first-order valence-corrected chi connectivity index (χ1v) is 10.7. The van der Waals surface area contributed by atoms with Crippen molar-refractivity contribution in [2.75, 3.05) is 0 Å². The van der Waals surface area contributed by atoms with E-state index in [4.69, 9.17) is 14.9 Å². The number of nitrogens with two attached hydrogens (primary N) is 1. The molecule has 2 aliphatic carbocycles. The number of furan rings is 1. The zero-order valence-electron chi connectivity index (χ0n) is 16.6. The lowest BCUT2D eigenvalue weighted by molar-refractivity contribution is 0.238. The number of hydrogen-bond donors (Lipinski definition) is 1. The fourth-order valence-corrected chi connectivity index (χ4v) is 4.91. The number of hydrogen-bond acceptors (Lipinski definition) is 6. The molecular formula is C24H19BrN4O2. The van der Waals surface area contributed by atoms with E-state index in [-0.39, 0.29) is 23.8 Å². The Labute approximate surface area is 188 Å². The minimum absolute atomic E-state index is 0.0118. The van der Waals surface area contributed by atoms with Gasteiger partial charge in [0.2, 0.25) is 0 Å². The molecule has 0 radical (unpaired) electrons. The van der Waals surface area contributed by atoms with Crippen LogP contribution in [-0.4, -0.2) is 0 Å². The second-order valence-electron chi connectivity index (χ2n) is 7.66. The van der Waals surface area contributed by atoms with Crippen LogP contribution in [0.4, 0.5) is 0 Å². The molecule has 154 valence electrons. The van der Waals surface area contributed by atoms with Gasteiger partial charge in [0.05, 0.1) is 29.3 Å². The zero-order valence-corrected chi connectivity index (χ0v) is 18.2. The van der Waals surface area contributed by atoms with Crippen molar-refractivity contribution in [1.82, 2.24) is 0 Å². The van der Waals surface area contributed by atoms with Crippen LogP contribution in [-0.2, 0) is 6.61 Å². The molecule has 2 aromatic rings. The normalized spacial score (nSPS) is 21.8. The molecule has 1 aromatic heterocycles. The van der Waals surface area contributed by atoms with Crippen LogP contribution in [0.15, 0.2) is 68.2 Å². The Morgan fingerprint density at radius 1 is 1.19 bits per heavy atom. The van der Waals surface area contributed by atoms with Crippen molar-refractivity contribution in [2.24, 2.45) is 17.1 Å². The third-order valence-corrected chi connectivity index (χ3v) is 6.46. The van der Waals surface area contributed by atoms with E-state index in [2.05, 4.69) is 34.1 Å². The van der Waals surface area contributed by atoms with Gasteiger partial charge in [0, 0.05) is 4.47 Å². The first-order chi connectivity index (χ1) is 15.0. The van der Waals surface area contributed by atoms with Gasteiger partial charge < -0.3 is 14.9 Å². The van der Waals surface area contributed by atoms with Crippen LogP contribution in [0.1, 0.15) is 36.7 Å². The first-order valence-electron chi connectivity index (χ1n) is 9.94. The van der Waals surface area contributed by atoms with Crippen LogP contribution in [0.5, 0.6) is 5.75 Å². The summed E-state index contributed by atoms with van der Waals surface area (Å²) in [4.78, 5) is 0. The summed E-state index contributed by atoms with van der Waals surface area (Å²) in [7, 11) is 0. The van der Waals surface area contributed by atoms with E-state index < -0.39 is 11.3 Å². The second-order valence-corrected chi connectivity index (χ2v) is 8.57. The predicted octanol–water partition coefficient (Wildman–Crippen LogP) is 5.21. The first kappa shape index (κ1) is 20.8. The van der Waals surface area contributed by atoms with E-state index >= 15 is 0 Å². The molecule has 7 heteroatoms. The quantitative estimate of drug-likeness (QED) is 0.648. The van der Waals surface area contributed by atoms with Gasteiger partial charge in [0.25, 0.3) is 0 Å². The van der Waals surface area contributed by atoms with Crippen LogP contribution in [0.2, 0.25) is 0 Å². The smallest absolute Gasteiger partial charge is 0.194 e. The summed E-state index contributed by atoms with van der Waals surface area (Å²) in [5.41, 5.74) is 5.71. The highest BCUT2D eigenvalue weighted by molar-refractivity contribution is 9.10. The Hall–Kier alpha value is -3.47. The van der Waals surface area contributed by atoms with Crippen molar-refractivity contribution >= 4 is 15.9 Å². The van der Waals surface area contributed by atoms with Crippen molar-refractivity contribution in [3.05, 3.63) is 75.3 Å². The molecule has 0 bridgehead atoms. The fourth-order valence-electron chi connectivity index (χ4n) is 4.53. The maximum atomic E-state index is 10.0.